The van der Waals surface area contributed by atoms with Crippen LogP contribution >= 0.6 is 0 Å². The number of sulfonamides is 1. The molecule has 1 aromatic carbocycles. The second-order valence-electron chi connectivity index (χ2n) is 5.70. The van der Waals surface area contributed by atoms with Gasteiger partial charge >= 0.3 is 0 Å². The number of unbranched alkanes of at least 4 members (excludes halogenated alkanes) is 1. The van der Waals surface area contributed by atoms with Gasteiger partial charge in [-0.1, -0.05) is 31.5 Å². The minimum absolute atomic E-state index is 0.115. The fourth-order valence-corrected chi connectivity index (χ4v) is 3.56. The Morgan fingerprint density at radius 1 is 1.16 bits per heavy atom. The van der Waals surface area contributed by atoms with Crippen LogP contribution < -0.4 is 14.8 Å². The number of benzene rings is 1. The molecule has 136 valence electrons. The van der Waals surface area contributed by atoms with Crippen LogP contribution in [0.15, 0.2) is 42.6 Å². The van der Waals surface area contributed by atoms with Gasteiger partial charge in [-0.25, -0.2) is 13.4 Å². The highest BCUT2D eigenvalue weighted by molar-refractivity contribution is 7.92. The van der Waals surface area contributed by atoms with E-state index in [4.69, 9.17) is 4.74 Å². The molecular formula is C18H25N3O3S. The van der Waals surface area contributed by atoms with Crippen molar-refractivity contribution >= 4 is 21.5 Å². The highest BCUT2D eigenvalue weighted by Crippen LogP contribution is 2.18. The summed E-state index contributed by atoms with van der Waals surface area (Å²) >= 11 is 0. The predicted molar refractivity (Wildman–Crippen MR) is 102 cm³/mol. The molecule has 1 aromatic heterocycles. The van der Waals surface area contributed by atoms with Gasteiger partial charge in [-0.15, -0.1) is 0 Å². The summed E-state index contributed by atoms with van der Waals surface area (Å²) in [5.41, 5.74) is 1.97. The molecule has 25 heavy (non-hydrogen) atoms. The molecule has 2 N–H and O–H groups in total. The Bertz CT molecular complexity index is 761. The number of methoxy groups -OCH3 is 1. The van der Waals surface area contributed by atoms with Gasteiger partial charge in [-0.05, 0) is 36.6 Å². The minimum atomic E-state index is -3.32. The minimum Gasteiger partial charge on any atom is -0.496 e. The van der Waals surface area contributed by atoms with Crippen LogP contribution in [0.25, 0.3) is 0 Å². The summed E-state index contributed by atoms with van der Waals surface area (Å²) in [5, 5.41) is 3.27. The van der Waals surface area contributed by atoms with E-state index >= 15 is 0 Å². The third-order valence-electron chi connectivity index (χ3n) is 3.71. The lowest BCUT2D eigenvalue weighted by molar-refractivity contribution is 0.410. The summed E-state index contributed by atoms with van der Waals surface area (Å²) in [5.74, 6) is 1.33. The third-order valence-corrected chi connectivity index (χ3v) is 5.05. The average molecular weight is 363 g/mol. The fraction of sp³-hybridized carbons (Fsp3) is 0.389. The van der Waals surface area contributed by atoms with Crippen LogP contribution in [0.3, 0.4) is 0 Å². The molecule has 0 saturated heterocycles. The van der Waals surface area contributed by atoms with Crippen molar-refractivity contribution in [1.82, 2.24) is 4.98 Å². The number of hydrogen-bond acceptors (Lipinski definition) is 5. The molecule has 7 heteroatoms. The number of anilines is 2. The van der Waals surface area contributed by atoms with E-state index in [0.717, 1.165) is 36.4 Å². The SMILES string of the molecule is CCCCS(=O)(=O)Nc1ccc(NCCc2ccccc2OC)cn1. The molecule has 0 radical (unpaired) electrons. The van der Waals surface area contributed by atoms with Crippen LogP contribution in [0.1, 0.15) is 25.3 Å². The highest BCUT2D eigenvalue weighted by Gasteiger charge is 2.10. The summed E-state index contributed by atoms with van der Waals surface area (Å²) in [4.78, 5) is 4.15. The Hall–Kier alpha value is -2.28. The molecule has 0 unspecified atom stereocenters. The smallest absolute Gasteiger partial charge is 0.233 e. The second kappa shape index (κ2) is 9.27. The van der Waals surface area contributed by atoms with Gasteiger partial charge in [-0.2, -0.15) is 0 Å². The first-order valence-corrected chi connectivity index (χ1v) is 10.0. The van der Waals surface area contributed by atoms with Crippen molar-refractivity contribution in [2.75, 3.05) is 29.4 Å². The Kier molecular flexibility index (Phi) is 7.06. The molecule has 0 aliphatic heterocycles. The number of pyridine rings is 1. The quantitative estimate of drug-likeness (QED) is 0.677. The molecule has 0 aliphatic rings. The van der Waals surface area contributed by atoms with Gasteiger partial charge in [0.1, 0.15) is 11.6 Å². The first-order chi connectivity index (χ1) is 12.0. The zero-order chi connectivity index (χ0) is 18.1. The van der Waals surface area contributed by atoms with E-state index < -0.39 is 10.0 Å². The molecule has 0 bridgehead atoms. The normalized spacial score (nSPS) is 11.1. The molecule has 0 amide bonds. The van der Waals surface area contributed by atoms with E-state index in [1.165, 1.54) is 0 Å². The van der Waals surface area contributed by atoms with Crippen LogP contribution in [0.2, 0.25) is 0 Å². The molecule has 0 aliphatic carbocycles. The Morgan fingerprint density at radius 3 is 2.64 bits per heavy atom. The van der Waals surface area contributed by atoms with E-state index in [2.05, 4.69) is 15.0 Å². The maximum absolute atomic E-state index is 11.9. The van der Waals surface area contributed by atoms with Gasteiger partial charge in [0.25, 0.3) is 0 Å². The fourth-order valence-electron chi connectivity index (χ4n) is 2.35. The number of para-hydroxylation sites is 1. The Balaban J connectivity index is 1.86. The average Bonchev–Trinajstić information content (AvgIpc) is 2.61. The molecular weight excluding hydrogens is 338 g/mol. The first-order valence-electron chi connectivity index (χ1n) is 8.36. The molecule has 0 fully saturated rings. The number of nitrogens with one attached hydrogen (secondary N) is 2. The van der Waals surface area contributed by atoms with Crippen LogP contribution in [-0.2, 0) is 16.4 Å². The van der Waals surface area contributed by atoms with Crippen molar-refractivity contribution in [3.8, 4) is 5.75 Å². The number of aromatic nitrogens is 1. The maximum atomic E-state index is 11.9. The van der Waals surface area contributed by atoms with Crippen molar-refractivity contribution < 1.29 is 13.2 Å². The largest absolute Gasteiger partial charge is 0.496 e. The van der Waals surface area contributed by atoms with Crippen molar-refractivity contribution in [3.05, 3.63) is 48.2 Å². The van der Waals surface area contributed by atoms with Gasteiger partial charge in [0.05, 0.1) is 24.7 Å². The number of rotatable bonds is 10. The van der Waals surface area contributed by atoms with Crippen LogP contribution in [0.5, 0.6) is 5.75 Å². The Labute approximate surface area is 149 Å². The standard InChI is InChI=1S/C18H25N3O3S/c1-3-4-13-25(22,23)21-18-10-9-16(14-20-18)19-12-11-15-7-5-6-8-17(15)24-2/h5-10,14,19H,3-4,11-13H2,1-2H3,(H,20,21). The lowest BCUT2D eigenvalue weighted by Crippen LogP contribution is -2.17. The van der Waals surface area contributed by atoms with Gasteiger partial charge < -0.3 is 10.1 Å². The maximum Gasteiger partial charge on any atom is 0.233 e. The lowest BCUT2D eigenvalue weighted by atomic mass is 10.1. The van der Waals surface area contributed by atoms with E-state index in [1.54, 1.807) is 19.4 Å². The molecule has 0 atom stereocenters. The number of hydrogen-bond donors (Lipinski definition) is 2. The highest BCUT2D eigenvalue weighted by atomic mass is 32.2. The van der Waals surface area contributed by atoms with Gasteiger partial charge in [0.2, 0.25) is 10.0 Å². The zero-order valence-corrected chi connectivity index (χ0v) is 15.5. The Morgan fingerprint density at radius 2 is 1.96 bits per heavy atom. The van der Waals surface area contributed by atoms with Crippen molar-refractivity contribution in [2.24, 2.45) is 0 Å². The van der Waals surface area contributed by atoms with E-state index in [9.17, 15) is 8.42 Å². The number of nitrogens with zero attached hydrogens (tertiary/aromatic N) is 1. The summed E-state index contributed by atoms with van der Waals surface area (Å²) < 4.78 is 31.5. The summed E-state index contributed by atoms with van der Waals surface area (Å²) in [6, 6.07) is 11.4. The van der Waals surface area contributed by atoms with Crippen LogP contribution in [-0.4, -0.2) is 32.8 Å². The number of ether oxygens (including phenoxy) is 1. The van der Waals surface area contributed by atoms with Crippen molar-refractivity contribution in [2.45, 2.75) is 26.2 Å². The zero-order valence-electron chi connectivity index (χ0n) is 14.7. The van der Waals surface area contributed by atoms with Gasteiger partial charge in [-0.3, -0.25) is 4.72 Å². The molecule has 2 rings (SSSR count). The summed E-state index contributed by atoms with van der Waals surface area (Å²) in [6.07, 6.45) is 3.91. The monoisotopic (exact) mass is 363 g/mol. The molecule has 1 heterocycles. The third kappa shape index (κ3) is 6.26. The van der Waals surface area contributed by atoms with Crippen LogP contribution in [0, 0.1) is 0 Å². The predicted octanol–water partition coefficient (Wildman–Crippen LogP) is 3.29. The van der Waals surface area contributed by atoms with Gasteiger partial charge in [0.15, 0.2) is 0 Å². The summed E-state index contributed by atoms with van der Waals surface area (Å²) in [6.45, 7) is 2.68. The molecule has 0 spiro atoms. The van der Waals surface area contributed by atoms with E-state index in [-0.39, 0.29) is 5.75 Å². The topological polar surface area (TPSA) is 80.3 Å². The first kappa shape index (κ1) is 19.1. The van der Waals surface area contributed by atoms with Crippen molar-refractivity contribution in [3.63, 3.8) is 0 Å². The van der Waals surface area contributed by atoms with Crippen LogP contribution in [0.4, 0.5) is 11.5 Å². The summed E-state index contributed by atoms with van der Waals surface area (Å²) in [7, 11) is -1.65. The second-order valence-corrected chi connectivity index (χ2v) is 7.54. The molecule has 2 aromatic rings. The lowest BCUT2D eigenvalue weighted by Gasteiger charge is -2.10. The van der Waals surface area contributed by atoms with Gasteiger partial charge in [0, 0.05) is 6.54 Å². The van der Waals surface area contributed by atoms with Crippen molar-refractivity contribution in [1.29, 1.82) is 0 Å². The van der Waals surface area contributed by atoms with E-state index in [0.29, 0.717) is 12.2 Å². The molecule has 6 nitrogen and oxygen atoms in total. The van der Waals surface area contributed by atoms with E-state index in [1.807, 2.05) is 37.3 Å². The molecule has 0 saturated carbocycles.